The van der Waals surface area contributed by atoms with Crippen molar-refractivity contribution < 1.29 is 15.4 Å². The van der Waals surface area contributed by atoms with E-state index >= 15 is 0 Å². The zero-order chi connectivity index (χ0) is 8.97. The van der Waals surface area contributed by atoms with Gasteiger partial charge in [0.2, 0.25) is 5.91 Å². The van der Waals surface area contributed by atoms with Gasteiger partial charge < -0.3 is 15.5 Å². The quantitative estimate of drug-likeness (QED) is 0.459. The highest BCUT2D eigenvalue weighted by Gasteiger charge is 2.20. The van der Waals surface area contributed by atoms with Crippen LogP contribution in [0.25, 0.3) is 0 Å². The van der Waals surface area contributed by atoms with Crippen LogP contribution in [-0.4, -0.2) is 50.6 Å². The van der Waals surface area contributed by atoms with Gasteiger partial charge >= 0.3 is 0 Å². The van der Waals surface area contributed by atoms with Crippen molar-refractivity contribution in [1.82, 2.24) is 4.90 Å². The molecule has 0 atom stereocenters. The molecular formula is C8H19N3O+2. The van der Waals surface area contributed by atoms with Crippen molar-refractivity contribution in [2.45, 2.75) is 6.42 Å². The van der Waals surface area contributed by atoms with E-state index in [1.165, 1.54) is 4.90 Å². The molecule has 4 nitrogen and oxygen atoms in total. The molecule has 0 spiro atoms. The van der Waals surface area contributed by atoms with E-state index in [-0.39, 0.29) is 5.91 Å². The lowest BCUT2D eigenvalue weighted by Crippen LogP contribution is -3.12. The standard InChI is InChI=1S/C8H17N3O/c1-10-4-6-11(7-5-10)8(12)2-3-9/h2-7,9H2,1H3/p+2. The molecule has 12 heavy (non-hydrogen) atoms. The molecule has 0 saturated carbocycles. The van der Waals surface area contributed by atoms with Gasteiger partial charge in [-0.05, 0) is 0 Å². The first-order valence-corrected chi connectivity index (χ1v) is 4.62. The maximum absolute atomic E-state index is 11.4. The molecule has 1 amide bonds. The Kier molecular flexibility index (Phi) is 3.49. The van der Waals surface area contributed by atoms with Crippen LogP contribution in [0.1, 0.15) is 6.42 Å². The number of amides is 1. The minimum Gasteiger partial charge on any atom is -0.357 e. The number of carbonyl (C=O) groups is 1. The van der Waals surface area contributed by atoms with Gasteiger partial charge in [0.05, 0.1) is 46.2 Å². The molecule has 1 rings (SSSR count). The minimum absolute atomic E-state index is 0.275. The van der Waals surface area contributed by atoms with Crippen LogP contribution in [0.5, 0.6) is 0 Å². The summed E-state index contributed by atoms with van der Waals surface area (Å²) in [6, 6.07) is 0. The predicted octanol–water partition coefficient (Wildman–Crippen LogP) is -3.02. The molecule has 1 saturated heterocycles. The number of carbonyl (C=O) groups excluding carboxylic acids is 1. The first kappa shape index (κ1) is 9.48. The van der Waals surface area contributed by atoms with Gasteiger partial charge in [-0.15, -0.1) is 0 Å². The van der Waals surface area contributed by atoms with Crippen LogP contribution in [0.15, 0.2) is 0 Å². The molecular weight excluding hydrogens is 154 g/mol. The van der Waals surface area contributed by atoms with Gasteiger partial charge in [0, 0.05) is 0 Å². The molecule has 0 aromatic heterocycles. The maximum Gasteiger partial charge on any atom is 0.228 e. The summed E-state index contributed by atoms with van der Waals surface area (Å²) >= 11 is 0. The number of hydrogen-bond donors (Lipinski definition) is 2. The van der Waals surface area contributed by atoms with Gasteiger partial charge in [0.15, 0.2) is 0 Å². The third-order valence-corrected chi connectivity index (χ3v) is 2.36. The van der Waals surface area contributed by atoms with Gasteiger partial charge in [0.1, 0.15) is 0 Å². The summed E-state index contributed by atoms with van der Waals surface area (Å²) in [6.45, 7) is 4.74. The summed E-state index contributed by atoms with van der Waals surface area (Å²) in [5, 5.41) is 0. The molecule has 0 unspecified atom stereocenters. The number of nitrogens with zero attached hydrogens (tertiary/aromatic N) is 1. The van der Waals surface area contributed by atoms with E-state index in [9.17, 15) is 4.79 Å². The fourth-order valence-electron chi connectivity index (χ4n) is 1.45. The average Bonchev–Trinajstić information content (AvgIpc) is 2.06. The number of rotatable bonds is 2. The highest BCUT2D eigenvalue weighted by Crippen LogP contribution is 1.92. The van der Waals surface area contributed by atoms with E-state index in [0.717, 1.165) is 32.7 Å². The Morgan fingerprint density at radius 2 is 2.08 bits per heavy atom. The van der Waals surface area contributed by atoms with E-state index in [0.29, 0.717) is 6.42 Å². The molecule has 0 radical (unpaired) electrons. The van der Waals surface area contributed by atoms with E-state index in [1.54, 1.807) is 0 Å². The number of likely N-dealkylation sites (N-methyl/N-ethyl adjacent to an activating group) is 1. The Hall–Kier alpha value is -0.610. The van der Waals surface area contributed by atoms with Gasteiger partial charge in [-0.3, -0.25) is 4.79 Å². The fourth-order valence-corrected chi connectivity index (χ4v) is 1.45. The number of piperazine rings is 1. The first-order valence-electron chi connectivity index (χ1n) is 4.62. The van der Waals surface area contributed by atoms with Crippen LogP contribution in [0.2, 0.25) is 0 Å². The highest BCUT2D eigenvalue weighted by molar-refractivity contribution is 5.76. The summed E-state index contributed by atoms with van der Waals surface area (Å²) in [5.41, 5.74) is 3.68. The van der Waals surface area contributed by atoms with Gasteiger partial charge in [-0.1, -0.05) is 0 Å². The van der Waals surface area contributed by atoms with E-state index in [4.69, 9.17) is 0 Å². The van der Waals surface area contributed by atoms with E-state index < -0.39 is 0 Å². The topological polar surface area (TPSA) is 52.4 Å². The third-order valence-electron chi connectivity index (χ3n) is 2.36. The Bertz CT molecular complexity index is 152. The molecule has 0 aliphatic carbocycles. The molecule has 1 aliphatic rings. The SMILES string of the molecule is C[NH+]1CCN(C(=O)CC[NH3+])CC1. The Morgan fingerprint density at radius 3 is 2.58 bits per heavy atom. The maximum atomic E-state index is 11.4. The first-order chi connectivity index (χ1) is 5.74. The Balaban J connectivity index is 2.29. The van der Waals surface area contributed by atoms with Crippen molar-refractivity contribution in [2.75, 3.05) is 39.8 Å². The zero-order valence-corrected chi connectivity index (χ0v) is 7.81. The van der Waals surface area contributed by atoms with Gasteiger partial charge in [-0.25, -0.2) is 0 Å². The van der Waals surface area contributed by atoms with Crippen molar-refractivity contribution >= 4 is 5.91 Å². The van der Waals surface area contributed by atoms with Crippen LogP contribution < -0.4 is 10.6 Å². The lowest BCUT2D eigenvalue weighted by Gasteiger charge is -2.29. The molecule has 0 aromatic rings. The van der Waals surface area contributed by atoms with Crippen LogP contribution in [0, 0.1) is 0 Å². The molecule has 1 heterocycles. The largest absolute Gasteiger partial charge is 0.357 e. The summed E-state index contributed by atoms with van der Waals surface area (Å²) in [5.74, 6) is 0.275. The van der Waals surface area contributed by atoms with Gasteiger partial charge in [0.25, 0.3) is 0 Å². The lowest BCUT2D eigenvalue weighted by atomic mass is 10.3. The van der Waals surface area contributed by atoms with Crippen LogP contribution >= 0.6 is 0 Å². The second-order valence-electron chi connectivity index (χ2n) is 3.44. The fraction of sp³-hybridized carbons (Fsp3) is 0.875. The number of nitrogens with one attached hydrogen (secondary N) is 1. The second-order valence-corrected chi connectivity index (χ2v) is 3.44. The van der Waals surface area contributed by atoms with Crippen LogP contribution in [0.3, 0.4) is 0 Å². The molecule has 1 aliphatic heterocycles. The molecule has 4 N–H and O–H groups in total. The van der Waals surface area contributed by atoms with Crippen molar-refractivity contribution in [3.63, 3.8) is 0 Å². The molecule has 70 valence electrons. The van der Waals surface area contributed by atoms with E-state index in [2.05, 4.69) is 12.8 Å². The summed E-state index contributed by atoms with van der Waals surface area (Å²) in [6.07, 6.45) is 0.610. The third kappa shape index (κ3) is 2.46. The molecule has 1 fully saturated rings. The summed E-state index contributed by atoms with van der Waals surface area (Å²) < 4.78 is 0. The summed E-state index contributed by atoms with van der Waals surface area (Å²) in [7, 11) is 2.17. The van der Waals surface area contributed by atoms with E-state index in [1.807, 2.05) is 4.90 Å². The Morgan fingerprint density at radius 1 is 1.50 bits per heavy atom. The zero-order valence-electron chi connectivity index (χ0n) is 7.81. The summed E-state index contributed by atoms with van der Waals surface area (Å²) in [4.78, 5) is 14.9. The monoisotopic (exact) mass is 173 g/mol. The smallest absolute Gasteiger partial charge is 0.228 e. The Labute approximate surface area is 73.3 Å². The average molecular weight is 173 g/mol. The minimum atomic E-state index is 0.275. The predicted molar refractivity (Wildman–Crippen MR) is 45.6 cm³/mol. The van der Waals surface area contributed by atoms with Crippen molar-refractivity contribution in [2.24, 2.45) is 0 Å². The van der Waals surface area contributed by atoms with Crippen molar-refractivity contribution in [1.29, 1.82) is 0 Å². The van der Waals surface area contributed by atoms with Crippen molar-refractivity contribution in [3.8, 4) is 0 Å². The second kappa shape index (κ2) is 4.42. The lowest BCUT2D eigenvalue weighted by molar-refractivity contribution is -0.883. The highest BCUT2D eigenvalue weighted by atomic mass is 16.2. The molecule has 0 bridgehead atoms. The number of quaternary nitrogens is 2. The van der Waals surface area contributed by atoms with Crippen molar-refractivity contribution in [3.05, 3.63) is 0 Å². The van der Waals surface area contributed by atoms with Crippen LogP contribution in [0.4, 0.5) is 0 Å². The van der Waals surface area contributed by atoms with Crippen LogP contribution in [-0.2, 0) is 4.79 Å². The molecule has 0 aromatic carbocycles. The van der Waals surface area contributed by atoms with Gasteiger partial charge in [-0.2, -0.15) is 0 Å². The number of hydrogen-bond acceptors (Lipinski definition) is 1. The normalized spacial score (nSPS) is 19.7. The molecule has 4 heteroatoms.